The van der Waals surface area contributed by atoms with Crippen molar-refractivity contribution >= 4 is 22.6 Å². The first-order valence-corrected chi connectivity index (χ1v) is 7.78. The molecule has 1 heterocycles. The first kappa shape index (κ1) is 15.2. The third kappa shape index (κ3) is 2.93. The molecule has 0 radical (unpaired) electrons. The number of hydrogen-bond donors (Lipinski definition) is 0. The number of ether oxygens (including phenoxy) is 1. The lowest BCUT2D eigenvalue weighted by Gasteiger charge is -2.18. The molecule has 2 aromatic rings. The highest BCUT2D eigenvalue weighted by atomic mass is 35.5. The minimum absolute atomic E-state index is 0.422. The van der Waals surface area contributed by atoms with Crippen molar-refractivity contribution in [3.05, 3.63) is 24.0 Å². The summed E-state index contributed by atoms with van der Waals surface area (Å²) in [5.74, 6) is 3.38. The summed E-state index contributed by atoms with van der Waals surface area (Å²) in [6, 6.07) is 6.07. The zero-order valence-corrected chi connectivity index (χ0v) is 13.4. The zero-order chi connectivity index (χ0) is 14.7. The SMILES string of the molecule is CCOc1cccc2c1nc(CCl)n2CC(C)C(C)C. The van der Waals surface area contributed by atoms with E-state index in [1.54, 1.807) is 0 Å². The summed E-state index contributed by atoms with van der Waals surface area (Å²) >= 11 is 6.07. The Hall–Kier alpha value is -1.22. The van der Waals surface area contributed by atoms with Crippen LogP contribution < -0.4 is 4.74 Å². The van der Waals surface area contributed by atoms with Gasteiger partial charge in [-0.3, -0.25) is 0 Å². The second-order valence-corrected chi connectivity index (χ2v) is 5.82. The molecule has 0 aliphatic heterocycles. The van der Waals surface area contributed by atoms with Crippen LogP contribution in [0.3, 0.4) is 0 Å². The van der Waals surface area contributed by atoms with E-state index < -0.39 is 0 Å². The average Bonchev–Trinajstić information content (AvgIpc) is 2.78. The van der Waals surface area contributed by atoms with Crippen LogP contribution in [0.25, 0.3) is 11.0 Å². The van der Waals surface area contributed by atoms with Crippen LogP contribution in [-0.4, -0.2) is 16.2 Å². The number of fused-ring (bicyclic) bond motifs is 1. The van der Waals surface area contributed by atoms with Gasteiger partial charge in [0.2, 0.25) is 0 Å². The number of halogens is 1. The summed E-state index contributed by atoms with van der Waals surface area (Å²) < 4.78 is 7.90. The molecular weight excluding hydrogens is 272 g/mol. The van der Waals surface area contributed by atoms with Gasteiger partial charge >= 0.3 is 0 Å². The van der Waals surface area contributed by atoms with Crippen LogP contribution in [0, 0.1) is 11.8 Å². The number of nitrogens with zero attached hydrogens (tertiary/aromatic N) is 2. The molecule has 0 bridgehead atoms. The Morgan fingerprint density at radius 2 is 2.05 bits per heavy atom. The van der Waals surface area contributed by atoms with Crippen LogP contribution in [0.4, 0.5) is 0 Å². The molecule has 0 fully saturated rings. The van der Waals surface area contributed by atoms with Gasteiger partial charge in [-0.2, -0.15) is 0 Å². The van der Waals surface area contributed by atoms with Crippen molar-refractivity contribution in [2.45, 2.75) is 40.1 Å². The summed E-state index contributed by atoms with van der Waals surface area (Å²) in [7, 11) is 0. The van der Waals surface area contributed by atoms with E-state index in [1.165, 1.54) is 0 Å². The number of benzene rings is 1. The summed E-state index contributed by atoms with van der Waals surface area (Å²) in [6.45, 7) is 10.3. The van der Waals surface area contributed by atoms with Crippen LogP contribution in [0.15, 0.2) is 18.2 Å². The topological polar surface area (TPSA) is 27.1 Å². The Morgan fingerprint density at radius 3 is 2.65 bits per heavy atom. The molecule has 4 heteroatoms. The number of hydrogen-bond acceptors (Lipinski definition) is 2. The standard InChI is InChI=1S/C16H23ClN2O/c1-5-20-14-8-6-7-13-16(14)18-15(9-17)19(13)10-12(4)11(2)3/h6-8,11-12H,5,9-10H2,1-4H3. The van der Waals surface area contributed by atoms with Gasteiger partial charge in [0, 0.05) is 6.54 Å². The first-order valence-electron chi connectivity index (χ1n) is 7.25. The molecule has 1 aromatic heterocycles. The minimum atomic E-state index is 0.422. The monoisotopic (exact) mass is 294 g/mol. The molecule has 1 unspecified atom stereocenters. The number of imidazole rings is 1. The highest BCUT2D eigenvalue weighted by molar-refractivity contribution is 6.16. The maximum Gasteiger partial charge on any atom is 0.147 e. The van der Waals surface area contributed by atoms with Crippen LogP contribution >= 0.6 is 11.6 Å². The summed E-state index contributed by atoms with van der Waals surface area (Å²) in [5, 5.41) is 0. The molecule has 0 amide bonds. The van der Waals surface area contributed by atoms with Crippen LogP contribution in [0.2, 0.25) is 0 Å². The van der Waals surface area contributed by atoms with Gasteiger partial charge in [0.25, 0.3) is 0 Å². The second kappa shape index (κ2) is 6.49. The molecule has 0 saturated heterocycles. The van der Waals surface area contributed by atoms with Gasteiger partial charge in [0.1, 0.15) is 17.1 Å². The fourth-order valence-corrected chi connectivity index (χ4v) is 2.45. The molecule has 0 saturated carbocycles. The Balaban J connectivity index is 2.49. The van der Waals surface area contributed by atoms with Crippen molar-refractivity contribution in [3.8, 4) is 5.75 Å². The normalized spacial score (nSPS) is 13.1. The molecule has 0 aliphatic rings. The van der Waals surface area contributed by atoms with Crippen LogP contribution in [-0.2, 0) is 12.4 Å². The third-order valence-electron chi connectivity index (χ3n) is 3.85. The van der Waals surface area contributed by atoms with Crippen molar-refractivity contribution in [2.75, 3.05) is 6.61 Å². The Kier molecular flexibility index (Phi) is 4.92. The highest BCUT2D eigenvalue weighted by Gasteiger charge is 2.16. The largest absolute Gasteiger partial charge is 0.492 e. The number of para-hydroxylation sites is 1. The molecule has 20 heavy (non-hydrogen) atoms. The lowest BCUT2D eigenvalue weighted by Crippen LogP contribution is -2.14. The van der Waals surface area contributed by atoms with Crippen molar-refractivity contribution in [1.82, 2.24) is 9.55 Å². The van der Waals surface area contributed by atoms with Gasteiger partial charge in [-0.15, -0.1) is 11.6 Å². The van der Waals surface area contributed by atoms with E-state index in [9.17, 15) is 0 Å². The molecule has 110 valence electrons. The van der Waals surface area contributed by atoms with Crippen molar-refractivity contribution < 1.29 is 4.74 Å². The van der Waals surface area contributed by atoms with Crippen LogP contribution in [0.5, 0.6) is 5.75 Å². The molecule has 0 N–H and O–H groups in total. The van der Waals surface area contributed by atoms with Gasteiger partial charge in [0.15, 0.2) is 0 Å². The molecule has 0 spiro atoms. The predicted molar refractivity (Wildman–Crippen MR) is 84.5 cm³/mol. The molecule has 0 aliphatic carbocycles. The maximum absolute atomic E-state index is 6.07. The lowest BCUT2D eigenvalue weighted by atomic mass is 9.98. The van der Waals surface area contributed by atoms with E-state index in [2.05, 4.69) is 36.4 Å². The minimum Gasteiger partial charge on any atom is -0.492 e. The van der Waals surface area contributed by atoms with E-state index in [1.807, 2.05) is 19.1 Å². The molecule has 1 aromatic carbocycles. The Morgan fingerprint density at radius 1 is 1.30 bits per heavy atom. The third-order valence-corrected chi connectivity index (χ3v) is 4.09. The fraction of sp³-hybridized carbons (Fsp3) is 0.562. The van der Waals surface area contributed by atoms with Crippen molar-refractivity contribution in [3.63, 3.8) is 0 Å². The van der Waals surface area contributed by atoms with Gasteiger partial charge in [-0.1, -0.05) is 26.8 Å². The lowest BCUT2D eigenvalue weighted by molar-refractivity contribution is 0.343. The number of rotatable bonds is 6. The first-order chi connectivity index (χ1) is 9.58. The summed E-state index contributed by atoms with van der Waals surface area (Å²) in [5.41, 5.74) is 2.03. The smallest absolute Gasteiger partial charge is 0.147 e. The molecule has 2 rings (SSSR count). The van der Waals surface area contributed by atoms with E-state index in [0.29, 0.717) is 24.3 Å². The predicted octanol–water partition coefficient (Wildman–Crippen LogP) is 4.47. The van der Waals surface area contributed by atoms with Crippen molar-refractivity contribution in [2.24, 2.45) is 11.8 Å². The highest BCUT2D eigenvalue weighted by Crippen LogP contribution is 2.28. The van der Waals surface area contributed by atoms with Gasteiger partial charge in [-0.25, -0.2) is 4.98 Å². The van der Waals surface area contributed by atoms with Crippen molar-refractivity contribution in [1.29, 1.82) is 0 Å². The van der Waals surface area contributed by atoms with Gasteiger partial charge in [-0.05, 0) is 30.9 Å². The van der Waals surface area contributed by atoms with E-state index in [-0.39, 0.29) is 0 Å². The summed E-state index contributed by atoms with van der Waals surface area (Å²) in [6.07, 6.45) is 0. The number of alkyl halides is 1. The average molecular weight is 295 g/mol. The Bertz CT molecular complexity index is 577. The maximum atomic E-state index is 6.07. The van der Waals surface area contributed by atoms with Gasteiger partial charge in [0.05, 0.1) is 18.0 Å². The fourth-order valence-electron chi connectivity index (χ4n) is 2.25. The second-order valence-electron chi connectivity index (χ2n) is 5.55. The van der Waals surface area contributed by atoms with E-state index in [0.717, 1.165) is 29.2 Å². The zero-order valence-electron chi connectivity index (χ0n) is 12.7. The van der Waals surface area contributed by atoms with E-state index >= 15 is 0 Å². The molecule has 3 nitrogen and oxygen atoms in total. The molecule has 1 atom stereocenters. The Labute approximate surface area is 125 Å². The molecular formula is C16H23ClN2O. The van der Waals surface area contributed by atoms with E-state index in [4.69, 9.17) is 16.3 Å². The quantitative estimate of drug-likeness (QED) is 0.735. The number of aromatic nitrogens is 2. The van der Waals surface area contributed by atoms with Crippen LogP contribution in [0.1, 0.15) is 33.5 Å². The summed E-state index contributed by atoms with van der Waals surface area (Å²) in [4.78, 5) is 4.67. The van der Waals surface area contributed by atoms with Gasteiger partial charge < -0.3 is 9.30 Å².